The zero-order valence-electron chi connectivity index (χ0n) is 14.2. The molecule has 1 amide bonds. The number of piperidine rings is 1. The van der Waals surface area contributed by atoms with Gasteiger partial charge in [0, 0.05) is 23.5 Å². The number of benzene rings is 1. The number of rotatable bonds is 2. The van der Waals surface area contributed by atoms with Gasteiger partial charge < -0.3 is 10.2 Å². The van der Waals surface area contributed by atoms with E-state index in [9.17, 15) is 4.79 Å². The number of carbonyl (C=O) groups excluding carboxylic acids is 1. The second kappa shape index (κ2) is 7.27. The van der Waals surface area contributed by atoms with Gasteiger partial charge in [-0.05, 0) is 43.3 Å². The molecule has 0 radical (unpaired) electrons. The largest absolute Gasteiger partial charge is 0.333 e. The highest BCUT2D eigenvalue weighted by molar-refractivity contribution is 8.00. The summed E-state index contributed by atoms with van der Waals surface area (Å²) < 4.78 is 0. The van der Waals surface area contributed by atoms with Crippen molar-refractivity contribution in [3.05, 3.63) is 35.9 Å². The zero-order valence-corrected chi connectivity index (χ0v) is 15.9. The molecule has 2 saturated heterocycles. The molecule has 2 aliphatic heterocycles. The van der Waals surface area contributed by atoms with Crippen LogP contribution in [0.3, 0.4) is 0 Å². The second-order valence-corrected chi connectivity index (χ2v) is 8.82. The Hall–Kier alpha value is -0.710. The summed E-state index contributed by atoms with van der Waals surface area (Å²) in [5, 5.41) is 3.90. The van der Waals surface area contributed by atoms with Crippen molar-refractivity contribution in [2.75, 3.05) is 25.4 Å². The molecule has 0 aromatic heterocycles. The average molecular weight is 367 g/mol. The minimum absolute atomic E-state index is 0. The summed E-state index contributed by atoms with van der Waals surface area (Å²) in [6.45, 7) is 5.34. The number of hydrogen-bond acceptors (Lipinski definition) is 3. The van der Waals surface area contributed by atoms with Crippen molar-refractivity contribution in [1.29, 1.82) is 0 Å². The van der Waals surface area contributed by atoms with Crippen LogP contribution < -0.4 is 5.32 Å². The molecule has 3 atom stereocenters. The summed E-state index contributed by atoms with van der Waals surface area (Å²) in [5.41, 5.74) is 1.62. The third-order valence-electron chi connectivity index (χ3n) is 6.00. The van der Waals surface area contributed by atoms with Crippen LogP contribution in [0, 0.1) is 11.3 Å². The molecule has 3 fully saturated rings. The molecule has 1 aliphatic carbocycles. The highest BCUT2D eigenvalue weighted by Gasteiger charge is 2.59. The maximum absolute atomic E-state index is 13.3. The van der Waals surface area contributed by atoms with Crippen molar-refractivity contribution in [2.45, 2.75) is 37.5 Å². The van der Waals surface area contributed by atoms with Gasteiger partial charge in [-0.25, -0.2) is 0 Å². The smallest absolute Gasteiger partial charge is 0.226 e. The number of carbonyl (C=O) groups is 1. The van der Waals surface area contributed by atoms with Gasteiger partial charge in [0.15, 0.2) is 0 Å². The van der Waals surface area contributed by atoms with Gasteiger partial charge in [-0.1, -0.05) is 37.3 Å². The fourth-order valence-corrected chi connectivity index (χ4v) is 5.70. The molecule has 1 N–H and O–H groups in total. The second-order valence-electron chi connectivity index (χ2n) is 7.33. The molecule has 24 heavy (non-hydrogen) atoms. The van der Waals surface area contributed by atoms with E-state index in [1.54, 1.807) is 0 Å². The van der Waals surface area contributed by atoms with Crippen molar-refractivity contribution in [3.63, 3.8) is 0 Å². The number of thioether (sulfide) groups is 1. The van der Waals surface area contributed by atoms with Gasteiger partial charge in [0.1, 0.15) is 0 Å². The first-order valence-electron chi connectivity index (χ1n) is 8.89. The third-order valence-corrected chi connectivity index (χ3v) is 7.21. The van der Waals surface area contributed by atoms with Gasteiger partial charge in [0.2, 0.25) is 5.91 Å². The Morgan fingerprint density at radius 3 is 2.67 bits per heavy atom. The molecular formula is C19H27ClN2OS. The van der Waals surface area contributed by atoms with Gasteiger partial charge in [-0.3, -0.25) is 4.79 Å². The van der Waals surface area contributed by atoms with E-state index in [2.05, 4.69) is 47.5 Å². The molecule has 3 aliphatic rings. The first kappa shape index (κ1) is 18.1. The Morgan fingerprint density at radius 1 is 1.25 bits per heavy atom. The number of amides is 1. The summed E-state index contributed by atoms with van der Waals surface area (Å²) in [6.07, 6.45) is 3.47. The predicted molar refractivity (Wildman–Crippen MR) is 103 cm³/mol. The molecule has 132 valence electrons. The number of hydrogen-bond donors (Lipinski definition) is 1. The monoisotopic (exact) mass is 366 g/mol. The molecular weight excluding hydrogens is 340 g/mol. The standard InChI is InChI=1S/C19H26N2OS.ClH/c1-14-17(15-5-3-2-4-6-15)21(11-12-23-14)18(22)16-13-19(16)7-9-20-10-8-19;/h2-6,14,16-17,20H,7-13H2,1H3;1H. The van der Waals surface area contributed by atoms with Crippen molar-refractivity contribution >= 4 is 30.1 Å². The molecule has 3 nitrogen and oxygen atoms in total. The van der Waals surface area contributed by atoms with E-state index in [1.807, 2.05) is 11.8 Å². The lowest BCUT2D eigenvalue weighted by molar-refractivity contribution is -0.136. The Kier molecular flexibility index (Phi) is 5.48. The molecule has 5 heteroatoms. The molecule has 1 spiro atoms. The first-order valence-corrected chi connectivity index (χ1v) is 9.94. The van der Waals surface area contributed by atoms with Crippen LogP contribution in [-0.2, 0) is 4.79 Å². The van der Waals surface area contributed by atoms with E-state index in [0.29, 0.717) is 16.6 Å². The molecule has 4 rings (SSSR count). The van der Waals surface area contributed by atoms with E-state index in [4.69, 9.17) is 0 Å². The minimum atomic E-state index is 0. The highest BCUT2D eigenvalue weighted by atomic mass is 35.5. The predicted octanol–water partition coefficient (Wildman–Crippen LogP) is 3.50. The fraction of sp³-hybridized carbons (Fsp3) is 0.632. The van der Waals surface area contributed by atoms with Gasteiger partial charge in [-0.2, -0.15) is 11.8 Å². The normalized spacial score (nSPS) is 31.4. The minimum Gasteiger partial charge on any atom is -0.333 e. The Labute approximate surface area is 155 Å². The zero-order chi connectivity index (χ0) is 15.9. The molecule has 3 unspecified atom stereocenters. The van der Waals surface area contributed by atoms with Crippen LogP contribution in [0.25, 0.3) is 0 Å². The van der Waals surface area contributed by atoms with E-state index in [0.717, 1.165) is 31.8 Å². The van der Waals surface area contributed by atoms with Crippen LogP contribution in [0.1, 0.15) is 37.8 Å². The third kappa shape index (κ3) is 3.21. The van der Waals surface area contributed by atoms with E-state index >= 15 is 0 Å². The van der Waals surface area contributed by atoms with Crippen LogP contribution in [-0.4, -0.2) is 41.4 Å². The van der Waals surface area contributed by atoms with Gasteiger partial charge >= 0.3 is 0 Å². The van der Waals surface area contributed by atoms with Gasteiger partial charge in [-0.15, -0.1) is 12.4 Å². The van der Waals surface area contributed by atoms with Crippen LogP contribution in [0.15, 0.2) is 30.3 Å². The molecule has 0 bridgehead atoms. The number of nitrogens with zero attached hydrogens (tertiary/aromatic N) is 1. The molecule has 1 aromatic carbocycles. The lowest BCUT2D eigenvalue weighted by atomic mass is 9.91. The van der Waals surface area contributed by atoms with Crippen LogP contribution >= 0.6 is 24.2 Å². The van der Waals surface area contributed by atoms with Crippen molar-refractivity contribution in [3.8, 4) is 0 Å². The maximum atomic E-state index is 13.3. The molecule has 1 saturated carbocycles. The summed E-state index contributed by atoms with van der Waals surface area (Å²) in [6, 6.07) is 10.8. The van der Waals surface area contributed by atoms with Gasteiger partial charge in [0.05, 0.1) is 6.04 Å². The Balaban J connectivity index is 0.00000169. The van der Waals surface area contributed by atoms with Crippen LogP contribution in [0.5, 0.6) is 0 Å². The Bertz CT molecular complexity index is 576. The summed E-state index contributed by atoms with van der Waals surface area (Å²) in [4.78, 5) is 15.5. The van der Waals surface area contributed by atoms with Crippen molar-refractivity contribution in [1.82, 2.24) is 10.2 Å². The molecule has 1 aromatic rings. The van der Waals surface area contributed by atoms with E-state index in [-0.39, 0.29) is 24.4 Å². The highest BCUT2D eigenvalue weighted by Crippen LogP contribution is 2.59. The summed E-state index contributed by atoms with van der Waals surface area (Å²) in [5.74, 6) is 1.77. The quantitative estimate of drug-likeness (QED) is 0.869. The first-order chi connectivity index (χ1) is 11.2. The molecule has 2 heterocycles. The van der Waals surface area contributed by atoms with Crippen molar-refractivity contribution in [2.24, 2.45) is 11.3 Å². The lowest BCUT2D eigenvalue weighted by Gasteiger charge is -2.40. The van der Waals surface area contributed by atoms with Gasteiger partial charge in [0.25, 0.3) is 0 Å². The van der Waals surface area contributed by atoms with E-state index < -0.39 is 0 Å². The SMILES string of the molecule is CC1SCCN(C(=O)C2CC23CCNCC3)C1c1ccccc1.Cl. The number of nitrogens with one attached hydrogen (secondary N) is 1. The summed E-state index contributed by atoms with van der Waals surface area (Å²) >= 11 is 2.00. The van der Waals surface area contributed by atoms with Crippen LogP contribution in [0.2, 0.25) is 0 Å². The topological polar surface area (TPSA) is 32.3 Å². The number of halogens is 1. The Morgan fingerprint density at radius 2 is 1.96 bits per heavy atom. The van der Waals surface area contributed by atoms with Crippen LogP contribution in [0.4, 0.5) is 0 Å². The summed E-state index contributed by atoms with van der Waals surface area (Å²) in [7, 11) is 0. The lowest BCUT2D eigenvalue weighted by Crippen LogP contribution is -2.45. The van der Waals surface area contributed by atoms with E-state index in [1.165, 1.54) is 18.4 Å². The van der Waals surface area contributed by atoms with Crippen molar-refractivity contribution < 1.29 is 4.79 Å². The maximum Gasteiger partial charge on any atom is 0.226 e. The average Bonchev–Trinajstić information content (AvgIpc) is 3.28. The fourth-order valence-electron chi connectivity index (χ4n) is 4.54.